The van der Waals surface area contributed by atoms with E-state index in [2.05, 4.69) is 0 Å². The van der Waals surface area contributed by atoms with E-state index in [1.165, 1.54) is 14.0 Å². The second-order valence-electron chi connectivity index (χ2n) is 2.52. The molecule has 0 spiro atoms. The third-order valence-electron chi connectivity index (χ3n) is 1.20. The van der Waals surface area contributed by atoms with Crippen molar-refractivity contribution in [2.45, 2.75) is 13.3 Å². The van der Waals surface area contributed by atoms with Crippen LogP contribution >= 0.6 is 0 Å². The molecule has 0 radical (unpaired) electrons. The summed E-state index contributed by atoms with van der Waals surface area (Å²) >= 11 is 0. The molecule has 0 aromatic heterocycles. The average Bonchev–Trinajstić information content (AvgIpc) is 1.84. The third-order valence-corrected chi connectivity index (χ3v) is 1.20. The molecule has 0 aliphatic carbocycles. The number of hydrogen-bond acceptors (Lipinski definition) is 3. The van der Waals surface area contributed by atoms with Gasteiger partial charge in [0.05, 0.1) is 6.42 Å². The second-order valence-corrected chi connectivity index (χ2v) is 2.52. The number of carbonyl (C=O) groups excluding carboxylic acids is 2. The molecule has 0 atom stereocenters. The lowest BCUT2D eigenvalue weighted by atomic mass is 10.3. The van der Waals surface area contributed by atoms with Gasteiger partial charge >= 0.3 is 5.97 Å². The van der Waals surface area contributed by atoms with Crippen LogP contribution in [-0.2, 0) is 14.4 Å². The van der Waals surface area contributed by atoms with Crippen LogP contribution in [0.5, 0.6) is 0 Å². The average molecular weight is 173 g/mol. The summed E-state index contributed by atoms with van der Waals surface area (Å²) in [5.41, 5.74) is 0. The zero-order chi connectivity index (χ0) is 9.72. The number of Topliss-reactive ketones (excluding diaryl/α,β-unsaturated/α-hetero) is 1. The van der Waals surface area contributed by atoms with Gasteiger partial charge in [-0.15, -0.1) is 0 Å². The Morgan fingerprint density at radius 2 is 1.83 bits per heavy atom. The van der Waals surface area contributed by atoms with E-state index in [0.29, 0.717) is 0 Å². The van der Waals surface area contributed by atoms with E-state index in [4.69, 9.17) is 5.11 Å². The number of carboxylic acid groups (broad SMARTS) is 1. The van der Waals surface area contributed by atoms with Crippen LogP contribution in [0, 0.1) is 0 Å². The van der Waals surface area contributed by atoms with E-state index in [1.807, 2.05) is 0 Å². The van der Waals surface area contributed by atoms with E-state index in [0.717, 1.165) is 4.90 Å². The van der Waals surface area contributed by atoms with Crippen LogP contribution < -0.4 is 0 Å². The fraction of sp³-hybridized carbons (Fsp3) is 0.571. The molecule has 1 N–H and O–H groups in total. The molecule has 0 bridgehead atoms. The molecule has 1 amide bonds. The summed E-state index contributed by atoms with van der Waals surface area (Å²) in [6, 6.07) is 0. The number of ketones is 1. The molecule has 0 saturated heterocycles. The summed E-state index contributed by atoms with van der Waals surface area (Å²) in [7, 11) is 1.35. The van der Waals surface area contributed by atoms with Crippen LogP contribution in [0.2, 0.25) is 0 Å². The fourth-order valence-electron chi connectivity index (χ4n) is 0.639. The maximum Gasteiger partial charge on any atom is 0.323 e. The van der Waals surface area contributed by atoms with Gasteiger partial charge in [0.25, 0.3) is 0 Å². The Bertz CT molecular complexity index is 211. The molecule has 12 heavy (non-hydrogen) atoms. The molecule has 0 aromatic rings. The molecule has 0 unspecified atom stereocenters. The van der Waals surface area contributed by atoms with Gasteiger partial charge in [-0.2, -0.15) is 0 Å². The molecular weight excluding hydrogens is 162 g/mol. The van der Waals surface area contributed by atoms with Gasteiger partial charge in [-0.1, -0.05) is 0 Å². The van der Waals surface area contributed by atoms with E-state index < -0.39 is 11.9 Å². The molecule has 0 aliphatic rings. The number of aliphatic carboxylic acids is 1. The summed E-state index contributed by atoms with van der Waals surface area (Å²) in [6.45, 7) is 0.915. The van der Waals surface area contributed by atoms with Crippen LogP contribution in [0.1, 0.15) is 13.3 Å². The lowest BCUT2D eigenvalue weighted by Gasteiger charge is -2.12. The van der Waals surface area contributed by atoms with E-state index in [1.54, 1.807) is 0 Å². The zero-order valence-corrected chi connectivity index (χ0v) is 7.03. The largest absolute Gasteiger partial charge is 0.480 e. The van der Waals surface area contributed by atoms with Gasteiger partial charge in [0.2, 0.25) is 5.91 Å². The van der Waals surface area contributed by atoms with Crippen molar-refractivity contribution < 1.29 is 19.5 Å². The predicted octanol–water partition coefficient (Wildman–Crippen LogP) is -0.491. The number of amides is 1. The molecular formula is C7H11NO4. The molecule has 68 valence electrons. The van der Waals surface area contributed by atoms with Crippen molar-refractivity contribution in [3.8, 4) is 0 Å². The standard InChI is InChI=1S/C7H11NO4/c1-5(9)3-6(10)8(2)4-7(11)12/h3-4H2,1-2H3,(H,11,12). The van der Waals surface area contributed by atoms with Gasteiger partial charge in [0.1, 0.15) is 12.3 Å². The first-order valence-corrected chi connectivity index (χ1v) is 3.38. The number of carbonyl (C=O) groups is 3. The molecule has 0 rings (SSSR count). The Balaban J connectivity index is 3.93. The topological polar surface area (TPSA) is 74.7 Å². The second kappa shape index (κ2) is 4.48. The first kappa shape index (κ1) is 10.6. The van der Waals surface area contributed by atoms with Crippen molar-refractivity contribution >= 4 is 17.7 Å². The number of carboxylic acids is 1. The van der Waals surface area contributed by atoms with Crippen molar-refractivity contribution in [1.29, 1.82) is 0 Å². The van der Waals surface area contributed by atoms with Crippen LogP contribution in [0.25, 0.3) is 0 Å². The zero-order valence-electron chi connectivity index (χ0n) is 7.03. The highest BCUT2D eigenvalue weighted by atomic mass is 16.4. The Morgan fingerprint density at radius 1 is 1.33 bits per heavy atom. The fourth-order valence-corrected chi connectivity index (χ4v) is 0.639. The summed E-state index contributed by atoms with van der Waals surface area (Å²) in [5.74, 6) is -1.82. The number of nitrogens with zero attached hydrogens (tertiary/aromatic N) is 1. The van der Waals surface area contributed by atoms with Gasteiger partial charge in [0.15, 0.2) is 0 Å². The van der Waals surface area contributed by atoms with Crippen molar-refractivity contribution in [2.24, 2.45) is 0 Å². The van der Waals surface area contributed by atoms with Gasteiger partial charge in [-0.3, -0.25) is 14.4 Å². The van der Waals surface area contributed by atoms with Gasteiger partial charge in [-0.05, 0) is 6.92 Å². The molecule has 0 aromatic carbocycles. The molecule has 0 aliphatic heterocycles. The van der Waals surface area contributed by atoms with E-state index in [9.17, 15) is 14.4 Å². The quantitative estimate of drug-likeness (QED) is 0.582. The van der Waals surface area contributed by atoms with E-state index in [-0.39, 0.29) is 18.7 Å². The first-order valence-electron chi connectivity index (χ1n) is 3.38. The van der Waals surface area contributed by atoms with Gasteiger partial charge < -0.3 is 10.0 Å². The lowest BCUT2D eigenvalue weighted by molar-refractivity contribution is -0.144. The minimum atomic E-state index is -1.09. The van der Waals surface area contributed by atoms with Crippen molar-refractivity contribution in [3.63, 3.8) is 0 Å². The smallest absolute Gasteiger partial charge is 0.323 e. The monoisotopic (exact) mass is 173 g/mol. The Kier molecular flexibility index (Phi) is 3.96. The van der Waals surface area contributed by atoms with Crippen molar-refractivity contribution in [3.05, 3.63) is 0 Å². The molecule has 5 nitrogen and oxygen atoms in total. The summed E-state index contributed by atoms with van der Waals surface area (Å²) in [5, 5.41) is 8.29. The van der Waals surface area contributed by atoms with Crippen LogP contribution in [0.3, 0.4) is 0 Å². The molecule has 0 heterocycles. The van der Waals surface area contributed by atoms with Crippen LogP contribution in [0.15, 0.2) is 0 Å². The number of likely N-dealkylation sites (N-methyl/N-ethyl adjacent to an activating group) is 1. The minimum Gasteiger partial charge on any atom is -0.480 e. The predicted molar refractivity (Wildman–Crippen MR) is 40.6 cm³/mol. The maximum absolute atomic E-state index is 10.9. The lowest BCUT2D eigenvalue weighted by Crippen LogP contribution is -2.32. The summed E-state index contributed by atoms with van der Waals surface area (Å²) in [6.07, 6.45) is -0.232. The van der Waals surface area contributed by atoms with Crippen molar-refractivity contribution in [2.75, 3.05) is 13.6 Å². The Morgan fingerprint density at radius 3 is 2.17 bits per heavy atom. The SMILES string of the molecule is CC(=O)CC(=O)N(C)CC(=O)O. The molecule has 5 heteroatoms. The van der Waals surface area contributed by atoms with Gasteiger partial charge in [0, 0.05) is 7.05 Å². The maximum atomic E-state index is 10.9. The van der Waals surface area contributed by atoms with Gasteiger partial charge in [-0.25, -0.2) is 0 Å². The van der Waals surface area contributed by atoms with Crippen LogP contribution in [-0.4, -0.2) is 41.3 Å². The normalized spacial score (nSPS) is 9.17. The first-order chi connectivity index (χ1) is 5.43. The minimum absolute atomic E-state index is 0.232. The van der Waals surface area contributed by atoms with Crippen LogP contribution in [0.4, 0.5) is 0 Å². The van der Waals surface area contributed by atoms with Crippen molar-refractivity contribution in [1.82, 2.24) is 4.90 Å². The highest BCUT2D eigenvalue weighted by Gasteiger charge is 2.13. The highest BCUT2D eigenvalue weighted by Crippen LogP contribution is 1.91. The third kappa shape index (κ3) is 4.43. The highest BCUT2D eigenvalue weighted by molar-refractivity contribution is 5.97. The number of hydrogen-bond donors (Lipinski definition) is 1. The Hall–Kier alpha value is -1.39. The summed E-state index contributed by atoms with van der Waals surface area (Å²) < 4.78 is 0. The number of rotatable bonds is 4. The molecule has 0 fully saturated rings. The summed E-state index contributed by atoms with van der Waals surface area (Å²) in [4.78, 5) is 32.5. The Labute approximate surface area is 70.0 Å². The van der Waals surface area contributed by atoms with E-state index >= 15 is 0 Å². The molecule has 0 saturated carbocycles.